The van der Waals surface area contributed by atoms with Crippen LogP contribution in [0.5, 0.6) is 0 Å². The molecular formula is C18H21N3OS. The van der Waals surface area contributed by atoms with E-state index in [1.807, 2.05) is 48.2 Å². The lowest BCUT2D eigenvalue weighted by Gasteiger charge is -2.19. The van der Waals surface area contributed by atoms with Gasteiger partial charge in [0, 0.05) is 31.5 Å². The van der Waals surface area contributed by atoms with E-state index >= 15 is 0 Å². The van der Waals surface area contributed by atoms with E-state index in [9.17, 15) is 4.79 Å². The Kier molecular flexibility index (Phi) is 4.48. The van der Waals surface area contributed by atoms with Gasteiger partial charge in [0.15, 0.2) is 5.11 Å². The number of likely N-dealkylation sites (N-methyl/N-ethyl adjacent to an activating group) is 1. The van der Waals surface area contributed by atoms with E-state index in [0.717, 1.165) is 18.7 Å². The van der Waals surface area contributed by atoms with Crippen LogP contribution < -0.4 is 4.90 Å². The molecule has 1 aromatic carbocycles. The Labute approximate surface area is 142 Å². The monoisotopic (exact) mass is 327 g/mol. The predicted molar refractivity (Wildman–Crippen MR) is 96.9 cm³/mol. The van der Waals surface area contributed by atoms with Crippen LogP contribution in [-0.4, -0.2) is 41.0 Å². The molecule has 1 aromatic rings. The topological polar surface area (TPSA) is 26.8 Å². The van der Waals surface area contributed by atoms with Crippen LogP contribution in [0.25, 0.3) is 0 Å². The number of para-hydroxylation sites is 1. The van der Waals surface area contributed by atoms with Gasteiger partial charge in [0.05, 0.1) is 0 Å². The maximum atomic E-state index is 12.7. The van der Waals surface area contributed by atoms with Crippen LogP contribution in [0.4, 0.5) is 5.69 Å². The number of carbonyl (C=O) groups excluding carboxylic acids is 1. The summed E-state index contributed by atoms with van der Waals surface area (Å²) in [7, 11) is 2.09. The highest BCUT2D eigenvalue weighted by Crippen LogP contribution is 2.29. The van der Waals surface area contributed by atoms with Gasteiger partial charge in [-0.2, -0.15) is 0 Å². The molecule has 23 heavy (non-hydrogen) atoms. The molecule has 0 bridgehead atoms. The zero-order valence-corrected chi connectivity index (χ0v) is 14.3. The summed E-state index contributed by atoms with van der Waals surface area (Å²) in [5.41, 5.74) is 2.81. The molecule has 3 rings (SSSR count). The quantitative estimate of drug-likeness (QED) is 0.629. The van der Waals surface area contributed by atoms with E-state index in [0.29, 0.717) is 17.4 Å². The van der Waals surface area contributed by atoms with Gasteiger partial charge in [-0.1, -0.05) is 18.2 Å². The Balaban J connectivity index is 2.00. The Hall–Kier alpha value is -2.14. The van der Waals surface area contributed by atoms with Crippen molar-refractivity contribution in [1.82, 2.24) is 9.80 Å². The van der Waals surface area contributed by atoms with E-state index < -0.39 is 0 Å². The standard InChI is InChI=1S/C18H21N3OS/c1-3-20-17(22)16(12-11-14-10-7-13-19(14)2)21(18(20)23)15-8-5-4-6-9-15/h4-6,8-9,11-12H,3,7,10,13H2,1-2H3/b14-11-,16-12-. The van der Waals surface area contributed by atoms with E-state index in [2.05, 4.69) is 18.0 Å². The van der Waals surface area contributed by atoms with Crippen LogP contribution in [0, 0.1) is 0 Å². The van der Waals surface area contributed by atoms with Gasteiger partial charge in [0.1, 0.15) is 5.70 Å². The van der Waals surface area contributed by atoms with Crippen molar-refractivity contribution in [2.45, 2.75) is 19.8 Å². The average molecular weight is 327 g/mol. The Morgan fingerprint density at radius 3 is 2.57 bits per heavy atom. The van der Waals surface area contributed by atoms with E-state index in [1.165, 1.54) is 12.1 Å². The first kappa shape index (κ1) is 15.7. The molecule has 2 fully saturated rings. The summed E-state index contributed by atoms with van der Waals surface area (Å²) in [6.45, 7) is 3.60. The van der Waals surface area contributed by atoms with Crippen LogP contribution in [0.3, 0.4) is 0 Å². The number of amides is 1. The average Bonchev–Trinajstić information content (AvgIpc) is 3.07. The Morgan fingerprint density at radius 2 is 1.96 bits per heavy atom. The Bertz CT molecular complexity index is 681. The fraction of sp³-hybridized carbons (Fsp3) is 0.333. The molecule has 2 heterocycles. The van der Waals surface area contributed by atoms with Gasteiger partial charge in [-0.15, -0.1) is 0 Å². The van der Waals surface area contributed by atoms with Gasteiger partial charge < -0.3 is 4.90 Å². The first-order valence-corrected chi connectivity index (χ1v) is 8.37. The van der Waals surface area contributed by atoms with Crippen LogP contribution in [0.15, 0.2) is 53.9 Å². The molecule has 1 amide bonds. The highest BCUT2D eigenvalue weighted by Gasteiger charge is 2.37. The predicted octanol–water partition coefficient (Wildman–Crippen LogP) is 3.13. The molecule has 0 unspecified atom stereocenters. The summed E-state index contributed by atoms with van der Waals surface area (Å²) in [4.78, 5) is 18.5. The van der Waals surface area contributed by atoms with Crippen molar-refractivity contribution in [3.05, 3.63) is 53.9 Å². The van der Waals surface area contributed by atoms with Crippen molar-refractivity contribution < 1.29 is 4.79 Å². The number of nitrogens with zero attached hydrogens (tertiary/aromatic N) is 3. The van der Waals surface area contributed by atoms with Crippen molar-refractivity contribution in [1.29, 1.82) is 0 Å². The molecule has 0 N–H and O–H groups in total. The third-order valence-electron chi connectivity index (χ3n) is 4.31. The molecule has 0 atom stereocenters. The molecule has 2 saturated heterocycles. The number of allylic oxidation sites excluding steroid dienone is 3. The zero-order valence-electron chi connectivity index (χ0n) is 13.5. The fourth-order valence-corrected chi connectivity index (χ4v) is 3.43. The first-order chi connectivity index (χ1) is 11.1. The molecule has 0 spiro atoms. The molecule has 2 aliphatic rings. The highest BCUT2D eigenvalue weighted by molar-refractivity contribution is 7.80. The number of hydrogen-bond acceptors (Lipinski definition) is 3. The van der Waals surface area contributed by atoms with Gasteiger partial charge in [-0.25, -0.2) is 0 Å². The van der Waals surface area contributed by atoms with Crippen LogP contribution >= 0.6 is 12.2 Å². The third kappa shape index (κ3) is 2.88. The minimum atomic E-state index is -0.0288. The minimum absolute atomic E-state index is 0.0288. The molecular weight excluding hydrogens is 306 g/mol. The van der Waals surface area contributed by atoms with Crippen LogP contribution in [0.2, 0.25) is 0 Å². The van der Waals surface area contributed by atoms with Gasteiger partial charge in [-0.3, -0.25) is 14.6 Å². The van der Waals surface area contributed by atoms with Crippen molar-refractivity contribution in [2.75, 3.05) is 25.0 Å². The molecule has 2 aliphatic heterocycles. The number of hydrogen-bond donors (Lipinski definition) is 0. The SMILES string of the molecule is CCN1C(=O)/C(=C/C=C2/CCCN2C)N(c2ccccc2)C1=S. The zero-order chi connectivity index (χ0) is 16.4. The lowest BCUT2D eigenvalue weighted by Crippen LogP contribution is -2.32. The molecule has 0 saturated carbocycles. The first-order valence-electron chi connectivity index (χ1n) is 7.96. The summed E-state index contributed by atoms with van der Waals surface area (Å²) in [6.07, 6.45) is 6.19. The molecule has 4 nitrogen and oxygen atoms in total. The molecule has 5 heteroatoms. The van der Waals surface area contributed by atoms with Gasteiger partial charge in [0.25, 0.3) is 5.91 Å². The van der Waals surface area contributed by atoms with Crippen molar-refractivity contribution in [3.63, 3.8) is 0 Å². The van der Waals surface area contributed by atoms with E-state index in [4.69, 9.17) is 12.2 Å². The maximum absolute atomic E-state index is 12.7. The van der Waals surface area contributed by atoms with Crippen LogP contribution in [0.1, 0.15) is 19.8 Å². The van der Waals surface area contributed by atoms with Crippen molar-refractivity contribution >= 4 is 28.9 Å². The smallest absolute Gasteiger partial charge is 0.277 e. The molecule has 0 aliphatic carbocycles. The lowest BCUT2D eigenvalue weighted by molar-refractivity contribution is -0.122. The van der Waals surface area contributed by atoms with Gasteiger partial charge in [0.2, 0.25) is 0 Å². The number of likely N-dealkylation sites (tertiary alicyclic amines) is 1. The highest BCUT2D eigenvalue weighted by atomic mass is 32.1. The van der Waals surface area contributed by atoms with Gasteiger partial charge in [-0.05, 0) is 56.3 Å². The second-order valence-electron chi connectivity index (χ2n) is 5.74. The van der Waals surface area contributed by atoms with Crippen molar-refractivity contribution in [2.24, 2.45) is 0 Å². The number of anilines is 1. The molecule has 120 valence electrons. The second-order valence-corrected chi connectivity index (χ2v) is 6.10. The minimum Gasteiger partial charge on any atom is -0.378 e. The summed E-state index contributed by atoms with van der Waals surface area (Å²) in [5, 5.41) is 0.549. The summed E-state index contributed by atoms with van der Waals surface area (Å²) >= 11 is 5.53. The van der Waals surface area contributed by atoms with Gasteiger partial charge >= 0.3 is 0 Å². The number of rotatable bonds is 3. The lowest BCUT2D eigenvalue weighted by atomic mass is 10.2. The Morgan fingerprint density at radius 1 is 1.22 bits per heavy atom. The van der Waals surface area contributed by atoms with E-state index in [1.54, 1.807) is 4.90 Å². The van der Waals surface area contributed by atoms with E-state index in [-0.39, 0.29) is 5.91 Å². The number of carbonyl (C=O) groups is 1. The number of thiocarbonyl (C=S) groups is 1. The number of benzene rings is 1. The molecule has 0 aromatic heterocycles. The summed E-state index contributed by atoms with van der Waals surface area (Å²) in [6, 6.07) is 9.82. The fourth-order valence-electron chi connectivity index (χ4n) is 3.01. The van der Waals surface area contributed by atoms with Crippen LogP contribution in [-0.2, 0) is 4.79 Å². The summed E-state index contributed by atoms with van der Waals surface area (Å²) in [5.74, 6) is -0.0288. The largest absolute Gasteiger partial charge is 0.378 e. The van der Waals surface area contributed by atoms with Crippen molar-refractivity contribution in [3.8, 4) is 0 Å². The third-order valence-corrected chi connectivity index (χ3v) is 4.71. The normalized spacial score (nSPS) is 22.1. The maximum Gasteiger partial charge on any atom is 0.277 e. The summed E-state index contributed by atoms with van der Waals surface area (Å²) < 4.78 is 0. The second kappa shape index (κ2) is 6.54. The molecule has 0 radical (unpaired) electrons.